The fourth-order valence-corrected chi connectivity index (χ4v) is 5.66. The first-order valence-electron chi connectivity index (χ1n) is 12.5. The average Bonchev–Trinajstić information content (AvgIpc) is 3.74. The van der Waals surface area contributed by atoms with E-state index >= 15 is 0 Å². The standard InChI is InChI=1S/C29H30BrN3O3/c1-32-12-10-21(16-27(32)34)25-9-11-31-17-26(25)29(36)33(24-7-8-24)18-19-13-22(15-23(30)14-19)28(35)20-5-3-2-4-6-20/h2-6,10,12-16,24-26,31H,7-9,11,17-18H2,1H3/t25?,26-/m0/s1. The van der Waals surface area contributed by atoms with Gasteiger partial charge in [-0.2, -0.15) is 0 Å². The molecular formula is C29H30BrN3O3. The summed E-state index contributed by atoms with van der Waals surface area (Å²) in [4.78, 5) is 41.3. The number of aromatic nitrogens is 1. The van der Waals surface area contributed by atoms with Crippen LogP contribution >= 0.6 is 15.9 Å². The fourth-order valence-electron chi connectivity index (χ4n) is 5.12. The van der Waals surface area contributed by atoms with Crippen molar-refractivity contribution in [2.45, 2.75) is 37.8 Å². The lowest BCUT2D eigenvalue weighted by Crippen LogP contribution is -2.47. The number of carbonyl (C=O) groups excluding carboxylic acids is 2. The predicted molar refractivity (Wildman–Crippen MR) is 143 cm³/mol. The number of nitrogens with zero attached hydrogens (tertiary/aromatic N) is 2. The Hall–Kier alpha value is -3.03. The minimum Gasteiger partial charge on any atom is -0.335 e. The molecule has 1 saturated heterocycles. The van der Waals surface area contributed by atoms with Crippen LogP contribution in [0.5, 0.6) is 0 Å². The van der Waals surface area contributed by atoms with E-state index in [1.54, 1.807) is 23.9 Å². The van der Waals surface area contributed by atoms with Crippen molar-refractivity contribution in [3.05, 3.63) is 104 Å². The topological polar surface area (TPSA) is 71.4 Å². The highest BCUT2D eigenvalue weighted by atomic mass is 79.9. The Morgan fingerprint density at radius 3 is 2.53 bits per heavy atom. The van der Waals surface area contributed by atoms with E-state index in [9.17, 15) is 14.4 Å². The van der Waals surface area contributed by atoms with Crippen LogP contribution in [0.3, 0.4) is 0 Å². The summed E-state index contributed by atoms with van der Waals surface area (Å²) in [5.41, 5.74) is 3.05. The Morgan fingerprint density at radius 1 is 1.03 bits per heavy atom. The maximum absolute atomic E-state index is 14.0. The quantitative estimate of drug-likeness (QED) is 0.448. The van der Waals surface area contributed by atoms with Crippen molar-refractivity contribution in [2.24, 2.45) is 13.0 Å². The van der Waals surface area contributed by atoms with Crippen LogP contribution in [0.1, 0.15) is 52.2 Å². The Kier molecular flexibility index (Phi) is 7.21. The van der Waals surface area contributed by atoms with Gasteiger partial charge in [0.1, 0.15) is 0 Å². The van der Waals surface area contributed by atoms with E-state index in [-0.39, 0.29) is 35.1 Å². The van der Waals surface area contributed by atoms with Gasteiger partial charge in [0.25, 0.3) is 5.56 Å². The predicted octanol–water partition coefficient (Wildman–Crippen LogP) is 4.26. The number of halogens is 1. The Morgan fingerprint density at radius 2 is 1.81 bits per heavy atom. The molecule has 2 heterocycles. The summed E-state index contributed by atoms with van der Waals surface area (Å²) in [5, 5.41) is 3.39. The van der Waals surface area contributed by atoms with Crippen LogP contribution in [0.15, 0.2) is 76.1 Å². The van der Waals surface area contributed by atoms with Gasteiger partial charge in [0.05, 0.1) is 5.92 Å². The molecule has 0 radical (unpaired) electrons. The van der Waals surface area contributed by atoms with Crippen LogP contribution < -0.4 is 10.9 Å². The maximum atomic E-state index is 14.0. The van der Waals surface area contributed by atoms with Crippen molar-refractivity contribution in [1.29, 1.82) is 0 Å². The van der Waals surface area contributed by atoms with Crippen LogP contribution in [0.25, 0.3) is 0 Å². The molecule has 2 aliphatic rings. The number of aryl methyl sites for hydroxylation is 1. The van der Waals surface area contributed by atoms with E-state index in [0.29, 0.717) is 24.2 Å². The lowest BCUT2D eigenvalue weighted by atomic mass is 9.80. The molecule has 0 spiro atoms. The molecule has 2 aromatic carbocycles. The summed E-state index contributed by atoms with van der Waals surface area (Å²) in [5.74, 6) is -0.147. The number of carbonyl (C=O) groups is 2. The SMILES string of the molecule is Cn1ccc(C2CCNC[C@@H]2C(=O)N(Cc2cc(Br)cc(C(=O)c3ccccc3)c2)C2CC2)cc1=O. The van der Waals surface area contributed by atoms with Crippen molar-refractivity contribution >= 4 is 27.6 Å². The molecule has 1 aliphatic carbocycles. The highest BCUT2D eigenvalue weighted by Crippen LogP contribution is 2.36. The Bertz CT molecular complexity index is 1330. The number of hydrogen-bond acceptors (Lipinski definition) is 4. The highest BCUT2D eigenvalue weighted by Gasteiger charge is 2.40. The van der Waals surface area contributed by atoms with Gasteiger partial charge in [-0.05, 0) is 67.1 Å². The molecule has 186 valence electrons. The van der Waals surface area contributed by atoms with E-state index in [1.165, 1.54) is 0 Å². The first-order valence-corrected chi connectivity index (χ1v) is 13.3. The minimum absolute atomic E-state index is 0.00614. The van der Waals surface area contributed by atoms with Gasteiger partial charge in [0, 0.05) is 54.0 Å². The minimum atomic E-state index is -0.232. The van der Waals surface area contributed by atoms with Crippen molar-refractivity contribution < 1.29 is 9.59 Å². The lowest BCUT2D eigenvalue weighted by molar-refractivity contribution is -0.138. The number of ketones is 1. The number of nitrogens with one attached hydrogen (secondary N) is 1. The van der Waals surface area contributed by atoms with Crippen LogP contribution in [0.4, 0.5) is 0 Å². The fraction of sp³-hybridized carbons (Fsp3) is 0.345. The van der Waals surface area contributed by atoms with Gasteiger partial charge in [-0.25, -0.2) is 0 Å². The first-order chi connectivity index (χ1) is 17.4. The lowest BCUT2D eigenvalue weighted by Gasteiger charge is -2.35. The van der Waals surface area contributed by atoms with E-state index in [0.717, 1.165) is 41.4 Å². The largest absolute Gasteiger partial charge is 0.335 e. The number of pyridine rings is 1. The Balaban J connectivity index is 1.40. The van der Waals surface area contributed by atoms with E-state index in [2.05, 4.69) is 21.2 Å². The smallest absolute Gasteiger partial charge is 0.250 e. The van der Waals surface area contributed by atoms with Gasteiger partial charge in [-0.15, -0.1) is 0 Å². The number of amides is 1. The third-order valence-corrected chi connectivity index (χ3v) is 7.69. The van der Waals surface area contributed by atoms with Gasteiger partial charge in [0.2, 0.25) is 5.91 Å². The molecule has 2 atom stereocenters. The van der Waals surface area contributed by atoms with Gasteiger partial charge < -0.3 is 14.8 Å². The molecule has 6 nitrogen and oxygen atoms in total. The molecule has 2 fully saturated rings. The second-order valence-corrected chi connectivity index (χ2v) is 10.8. The first kappa shape index (κ1) is 24.7. The molecule has 3 aromatic rings. The molecule has 1 aliphatic heterocycles. The van der Waals surface area contributed by atoms with Crippen molar-refractivity contribution in [2.75, 3.05) is 13.1 Å². The second kappa shape index (κ2) is 10.5. The third-order valence-electron chi connectivity index (χ3n) is 7.24. The molecule has 1 N–H and O–H groups in total. The normalized spacial score (nSPS) is 19.6. The monoisotopic (exact) mass is 547 g/mol. The molecule has 1 amide bonds. The van der Waals surface area contributed by atoms with Crippen molar-refractivity contribution in [3.8, 4) is 0 Å². The molecule has 36 heavy (non-hydrogen) atoms. The summed E-state index contributed by atoms with van der Waals surface area (Å²) in [7, 11) is 1.74. The summed E-state index contributed by atoms with van der Waals surface area (Å²) in [6, 6.07) is 18.8. The second-order valence-electron chi connectivity index (χ2n) is 9.86. The zero-order valence-electron chi connectivity index (χ0n) is 20.3. The number of rotatable bonds is 7. The zero-order valence-corrected chi connectivity index (χ0v) is 21.9. The van der Waals surface area contributed by atoms with Gasteiger partial charge in [-0.1, -0.05) is 46.3 Å². The maximum Gasteiger partial charge on any atom is 0.250 e. The molecule has 5 rings (SSSR count). The molecule has 1 aromatic heterocycles. The van der Waals surface area contributed by atoms with Crippen LogP contribution in [0, 0.1) is 5.92 Å². The molecule has 7 heteroatoms. The summed E-state index contributed by atoms with van der Waals surface area (Å²) in [6.45, 7) is 1.87. The van der Waals surface area contributed by atoms with E-state index in [4.69, 9.17) is 0 Å². The van der Waals surface area contributed by atoms with Gasteiger partial charge >= 0.3 is 0 Å². The van der Waals surface area contributed by atoms with Crippen LogP contribution in [0.2, 0.25) is 0 Å². The highest BCUT2D eigenvalue weighted by molar-refractivity contribution is 9.10. The van der Waals surface area contributed by atoms with Crippen molar-refractivity contribution in [3.63, 3.8) is 0 Å². The molecule has 1 saturated carbocycles. The summed E-state index contributed by atoms with van der Waals surface area (Å²) in [6.07, 6.45) is 4.58. The van der Waals surface area contributed by atoms with E-state index < -0.39 is 0 Å². The molecule has 0 bridgehead atoms. The van der Waals surface area contributed by atoms with Crippen LogP contribution in [-0.2, 0) is 18.4 Å². The summed E-state index contributed by atoms with van der Waals surface area (Å²) < 4.78 is 2.37. The van der Waals surface area contributed by atoms with Crippen LogP contribution in [-0.4, -0.2) is 40.3 Å². The van der Waals surface area contributed by atoms with Crippen molar-refractivity contribution in [1.82, 2.24) is 14.8 Å². The number of benzene rings is 2. The average molecular weight is 548 g/mol. The Labute approximate surface area is 219 Å². The number of hydrogen-bond donors (Lipinski definition) is 1. The molecular weight excluding hydrogens is 518 g/mol. The molecule has 1 unspecified atom stereocenters. The third kappa shape index (κ3) is 5.37. The van der Waals surface area contributed by atoms with Gasteiger partial charge in [0.15, 0.2) is 5.78 Å². The summed E-state index contributed by atoms with van der Waals surface area (Å²) >= 11 is 3.57. The number of piperidine rings is 1. The van der Waals surface area contributed by atoms with Gasteiger partial charge in [-0.3, -0.25) is 14.4 Å². The zero-order chi connectivity index (χ0) is 25.2. The van der Waals surface area contributed by atoms with E-state index in [1.807, 2.05) is 59.5 Å².